The second kappa shape index (κ2) is 6.80. The summed E-state index contributed by atoms with van der Waals surface area (Å²) in [6.07, 6.45) is -0.270. The first-order valence-corrected chi connectivity index (χ1v) is 4.65. The number of carbonyl (C=O) groups is 3. The smallest absolute Gasteiger partial charge is 0.416 e. The standard InChI is InChI=1S/C9H15NO5/c1-3-15-9(14)10(6-11)7(2)4-5-8(12)13/h6-7H,3-5H2,1-2H3,(H,12,13). The maximum absolute atomic E-state index is 11.2. The fourth-order valence-electron chi connectivity index (χ4n) is 0.996. The third-order valence-electron chi connectivity index (χ3n) is 1.84. The normalized spacial score (nSPS) is 11.6. The van der Waals surface area contributed by atoms with Gasteiger partial charge < -0.3 is 9.84 Å². The summed E-state index contributed by atoms with van der Waals surface area (Å²) in [7, 11) is 0. The van der Waals surface area contributed by atoms with Gasteiger partial charge in [0, 0.05) is 12.5 Å². The Balaban J connectivity index is 4.20. The van der Waals surface area contributed by atoms with Crippen LogP contribution in [0.4, 0.5) is 4.79 Å². The summed E-state index contributed by atoms with van der Waals surface area (Å²) in [5, 5.41) is 8.44. The molecule has 0 bridgehead atoms. The van der Waals surface area contributed by atoms with Crippen LogP contribution in [0.1, 0.15) is 26.7 Å². The van der Waals surface area contributed by atoms with Crippen molar-refractivity contribution in [3.63, 3.8) is 0 Å². The minimum absolute atomic E-state index is 0.0923. The van der Waals surface area contributed by atoms with Gasteiger partial charge in [-0.3, -0.25) is 9.59 Å². The van der Waals surface area contributed by atoms with E-state index < -0.39 is 18.1 Å². The molecule has 0 aromatic rings. The molecule has 0 radical (unpaired) electrons. The number of imide groups is 1. The molecule has 0 rings (SSSR count). The molecule has 0 spiro atoms. The van der Waals surface area contributed by atoms with Gasteiger partial charge in [-0.1, -0.05) is 0 Å². The first kappa shape index (κ1) is 13.4. The molecular formula is C9H15NO5. The molecule has 2 amide bonds. The van der Waals surface area contributed by atoms with Crippen LogP contribution in [0.2, 0.25) is 0 Å². The molecule has 1 unspecified atom stereocenters. The molecule has 0 aromatic carbocycles. The van der Waals surface area contributed by atoms with Gasteiger partial charge in [0.15, 0.2) is 0 Å². The van der Waals surface area contributed by atoms with Crippen molar-refractivity contribution in [3.8, 4) is 0 Å². The molecule has 6 heteroatoms. The van der Waals surface area contributed by atoms with Gasteiger partial charge >= 0.3 is 12.1 Å². The predicted molar refractivity (Wildman–Crippen MR) is 51.3 cm³/mol. The van der Waals surface area contributed by atoms with Crippen LogP contribution in [0.25, 0.3) is 0 Å². The molecule has 0 aliphatic carbocycles. The molecule has 1 N–H and O–H groups in total. The number of ether oxygens (including phenoxy) is 1. The van der Waals surface area contributed by atoms with Crippen LogP contribution >= 0.6 is 0 Å². The van der Waals surface area contributed by atoms with E-state index in [1.807, 2.05) is 0 Å². The Kier molecular flexibility index (Phi) is 6.08. The van der Waals surface area contributed by atoms with Crippen molar-refractivity contribution in [2.75, 3.05) is 6.61 Å². The van der Waals surface area contributed by atoms with E-state index in [1.165, 1.54) is 0 Å². The van der Waals surface area contributed by atoms with Gasteiger partial charge in [0.25, 0.3) is 0 Å². The lowest BCUT2D eigenvalue weighted by atomic mass is 10.2. The summed E-state index contributed by atoms with van der Waals surface area (Å²) in [5.41, 5.74) is 0. The van der Waals surface area contributed by atoms with Crippen molar-refractivity contribution in [2.45, 2.75) is 32.7 Å². The van der Waals surface area contributed by atoms with Gasteiger partial charge in [-0.15, -0.1) is 0 Å². The summed E-state index contributed by atoms with van der Waals surface area (Å²) in [4.78, 5) is 32.9. The fourth-order valence-corrected chi connectivity index (χ4v) is 0.996. The molecule has 0 aliphatic heterocycles. The lowest BCUT2D eigenvalue weighted by Crippen LogP contribution is -2.38. The van der Waals surface area contributed by atoms with Crippen LogP contribution in [-0.4, -0.2) is 41.1 Å². The number of hydrogen-bond acceptors (Lipinski definition) is 4. The zero-order valence-electron chi connectivity index (χ0n) is 8.80. The Morgan fingerprint density at radius 1 is 1.53 bits per heavy atom. The minimum Gasteiger partial charge on any atom is -0.481 e. The highest BCUT2D eigenvalue weighted by molar-refractivity contribution is 5.80. The topological polar surface area (TPSA) is 83.9 Å². The Labute approximate surface area is 87.8 Å². The fraction of sp³-hybridized carbons (Fsp3) is 0.667. The summed E-state index contributed by atoms with van der Waals surface area (Å²) < 4.78 is 4.63. The van der Waals surface area contributed by atoms with Gasteiger partial charge in [-0.2, -0.15) is 0 Å². The summed E-state index contributed by atoms with van der Waals surface area (Å²) >= 11 is 0. The van der Waals surface area contributed by atoms with Crippen molar-refractivity contribution < 1.29 is 24.2 Å². The summed E-state index contributed by atoms with van der Waals surface area (Å²) in [5.74, 6) is -0.962. The summed E-state index contributed by atoms with van der Waals surface area (Å²) in [6, 6.07) is -0.474. The highest BCUT2D eigenvalue weighted by Crippen LogP contribution is 2.06. The second-order valence-electron chi connectivity index (χ2n) is 2.99. The number of nitrogens with zero attached hydrogens (tertiary/aromatic N) is 1. The SMILES string of the molecule is CCOC(=O)N(C=O)C(C)CCC(=O)O. The molecule has 6 nitrogen and oxygen atoms in total. The van der Waals surface area contributed by atoms with Crippen molar-refractivity contribution in [3.05, 3.63) is 0 Å². The number of amides is 2. The molecule has 15 heavy (non-hydrogen) atoms. The molecule has 0 saturated heterocycles. The maximum atomic E-state index is 11.2. The van der Waals surface area contributed by atoms with Crippen LogP contribution in [0.3, 0.4) is 0 Å². The lowest BCUT2D eigenvalue weighted by molar-refractivity contribution is -0.137. The van der Waals surface area contributed by atoms with Crippen molar-refractivity contribution >= 4 is 18.5 Å². The monoisotopic (exact) mass is 217 g/mol. The zero-order valence-corrected chi connectivity index (χ0v) is 8.80. The Hall–Kier alpha value is -1.59. The van der Waals surface area contributed by atoms with E-state index in [4.69, 9.17) is 5.11 Å². The van der Waals surface area contributed by atoms with E-state index in [2.05, 4.69) is 4.74 Å². The van der Waals surface area contributed by atoms with E-state index in [0.717, 1.165) is 4.90 Å². The third-order valence-corrected chi connectivity index (χ3v) is 1.84. The van der Waals surface area contributed by atoms with Crippen molar-refractivity contribution in [2.24, 2.45) is 0 Å². The Morgan fingerprint density at radius 2 is 2.13 bits per heavy atom. The van der Waals surface area contributed by atoms with Crippen LogP contribution in [-0.2, 0) is 14.3 Å². The second-order valence-corrected chi connectivity index (χ2v) is 2.99. The molecule has 1 atom stereocenters. The average Bonchev–Trinajstić information content (AvgIpc) is 2.16. The number of carboxylic acids is 1. The van der Waals surface area contributed by atoms with E-state index in [-0.39, 0.29) is 19.4 Å². The van der Waals surface area contributed by atoms with Gasteiger partial charge in [0.1, 0.15) is 0 Å². The Bertz CT molecular complexity index is 241. The highest BCUT2D eigenvalue weighted by atomic mass is 16.6. The van der Waals surface area contributed by atoms with Gasteiger partial charge in [0.05, 0.1) is 6.61 Å². The highest BCUT2D eigenvalue weighted by Gasteiger charge is 2.20. The molecule has 0 fully saturated rings. The number of rotatable bonds is 6. The number of aliphatic carboxylic acids is 1. The van der Waals surface area contributed by atoms with Crippen LogP contribution < -0.4 is 0 Å². The van der Waals surface area contributed by atoms with Gasteiger partial charge in [-0.25, -0.2) is 9.69 Å². The van der Waals surface area contributed by atoms with Crippen LogP contribution in [0.5, 0.6) is 0 Å². The predicted octanol–water partition coefficient (Wildman–Crippen LogP) is 0.855. The van der Waals surface area contributed by atoms with E-state index in [1.54, 1.807) is 13.8 Å². The largest absolute Gasteiger partial charge is 0.481 e. The Morgan fingerprint density at radius 3 is 2.53 bits per heavy atom. The molecule has 0 saturated carbocycles. The first-order valence-electron chi connectivity index (χ1n) is 4.65. The lowest BCUT2D eigenvalue weighted by Gasteiger charge is -2.21. The molecule has 86 valence electrons. The van der Waals surface area contributed by atoms with Gasteiger partial charge in [0.2, 0.25) is 6.41 Å². The van der Waals surface area contributed by atoms with E-state index >= 15 is 0 Å². The van der Waals surface area contributed by atoms with Crippen LogP contribution in [0.15, 0.2) is 0 Å². The number of hydrogen-bond donors (Lipinski definition) is 1. The van der Waals surface area contributed by atoms with Crippen molar-refractivity contribution in [1.82, 2.24) is 4.90 Å². The summed E-state index contributed by atoms with van der Waals surface area (Å²) in [6.45, 7) is 3.39. The zero-order chi connectivity index (χ0) is 11.8. The number of carbonyl (C=O) groups excluding carboxylic acids is 2. The minimum atomic E-state index is -0.962. The van der Waals surface area contributed by atoms with E-state index in [9.17, 15) is 14.4 Å². The van der Waals surface area contributed by atoms with E-state index in [0.29, 0.717) is 6.41 Å². The third kappa shape index (κ3) is 4.99. The maximum Gasteiger partial charge on any atom is 0.416 e. The molecule has 0 aliphatic rings. The molecule has 0 aromatic heterocycles. The van der Waals surface area contributed by atoms with Gasteiger partial charge in [-0.05, 0) is 20.3 Å². The average molecular weight is 217 g/mol. The molecule has 0 heterocycles. The molecular weight excluding hydrogens is 202 g/mol. The quantitative estimate of drug-likeness (QED) is 0.667. The van der Waals surface area contributed by atoms with Crippen molar-refractivity contribution in [1.29, 1.82) is 0 Å². The number of carboxylic acid groups (broad SMARTS) is 1. The van der Waals surface area contributed by atoms with Crippen LogP contribution in [0, 0.1) is 0 Å². The first-order chi connectivity index (χ1) is 7.02.